The van der Waals surface area contributed by atoms with E-state index >= 15 is 0 Å². The van der Waals surface area contributed by atoms with Crippen molar-refractivity contribution in [2.45, 2.75) is 26.4 Å². The Bertz CT molecular complexity index is 1240. The van der Waals surface area contributed by atoms with E-state index in [9.17, 15) is 0 Å². The zero-order valence-electron chi connectivity index (χ0n) is 16.3. The summed E-state index contributed by atoms with van der Waals surface area (Å²) in [7, 11) is 0. The molecule has 29 heavy (non-hydrogen) atoms. The predicted molar refractivity (Wildman–Crippen MR) is 114 cm³/mol. The fraction of sp³-hybridized carbons (Fsp3) is 0.200. The molecule has 0 atom stereocenters. The van der Waals surface area contributed by atoms with Gasteiger partial charge in [-0.2, -0.15) is 0 Å². The average Bonchev–Trinajstić information content (AvgIpc) is 3.05. The lowest BCUT2D eigenvalue weighted by molar-refractivity contribution is 0.288. The van der Waals surface area contributed by atoms with E-state index in [2.05, 4.69) is 42.2 Å². The van der Waals surface area contributed by atoms with Gasteiger partial charge in [0.1, 0.15) is 17.9 Å². The van der Waals surface area contributed by atoms with Gasteiger partial charge in [-0.25, -0.2) is 0 Å². The van der Waals surface area contributed by atoms with E-state index in [-0.39, 0.29) is 0 Å². The van der Waals surface area contributed by atoms with Gasteiger partial charge in [0.25, 0.3) is 0 Å². The zero-order chi connectivity index (χ0) is 19.4. The molecule has 0 radical (unpaired) electrons. The van der Waals surface area contributed by atoms with Crippen molar-refractivity contribution in [3.05, 3.63) is 77.4 Å². The van der Waals surface area contributed by atoms with Crippen LogP contribution in [0, 0.1) is 6.92 Å². The summed E-state index contributed by atoms with van der Waals surface area (Å²) in [5.41, 5.74) is 6.56. The highest BCUT2D eigenvalue weighted by Gasteiger charge is 2.32. The molecule has 6 rings (SSSR count). The van der Waals surface area contributed by atoms with E-state index in [0.717, 1.165) is 58.9 Å². The number of rotatable bonds is 1. The van der Waals surface area contributed by atoms with Crippen molar-refractivity contribution in [3.63, 3.8) is 0 Å². The van der Waals surface area contributed by atoms with Crippen molar-refractivity contribution >= 4 is 28.2 Å². The van der Waals surface area contributed by atoms with E-state index in [4.69, 9.17) is 13.9 Å². The molecule has 4 nitrogen and oxygen atoms in total. The van der Waals surface area contributed by atoms with Gasteiger partial charge < -0.3 is 13.9 Å². The monoisotopic (exact) mass is 383 g/mol. The molecule has 0 aliphatic carbocycles. The molecule has 144 valence electrons. The fourth-order valence-electron chi connectivity index (χ4n) is 4.43. The van der Waals surface area contributed by atoms with Crippen LogP contribution in [0.15, 0.2) is 65.1 Å². The SMILES string of the molecule is Cc1ccc(N2c3ccccc3COc3c2oc2ccccc32)c2c1CCCO2. The van der Waals surface area contributed by atoms with Crippen LogP contribution in [-0.4, -0.2) is 6.61 Å². The third-order valence-electron chi connectivity index (χ3n) is 5.87. The van der Waals surface area contributed by atoms with Crippen molar-refractivity contribution in [3.8, 4) is 11.5 Å². The van der Waals surface area contributed by atoms with Gasteiger partial charge in [-0.3, -0.25) is 4.90 Å². The number of hydrogen-bond donors (Lipinski definition) is 0. The van der Waals surface area contributed by atoms with Gasteiger partial charge in [0.15, 0.2) is 5.75 Å². The maximum absolute atomic E-state index is 6.36. The number of ether oxygens (including phenoxy) is 2. The van der Waals surface area contributed by atoms with Crippen LogP contribution in [0.25, 0.3) is 11.0 Å². The Morgan fingerprint density at radius 1 is 0.828 bits per heavy atom. The van der Waals surface area contributed by atoms with Crippen LogP contribution >= 0.6 is 0 Å². The van der Waals surface area contributed by atoms with Gasteiger partial charge in [-0.1, -0.05) is 36.4 Å². The maximum Gasteiger partial charge on any atom is 0.248 e. The van der Waals surface area contributed by atoms with Gasteiger partial charge in [0.2, 0.25) is 5.88 Å². The highest BCUT2D eigenvalue weighted by atomic mass is 16.5. The van der Waals surface area contributed by atoms with Crippen molar-refractivity contribution in [1.82, 2.24) is 0 Å². The van der Waals surface area contributed by atoms with Gasteiger partial charge >= 0.3 is 0 Å². The molecular weight excluding hydrogens is 362 g/mol. The number of nitrogens with zero attached hydrogens (tertiary/aromatic N) is 1. The third kappa shape index (κ3) is 2.45. The fourth-order valence-corrected chi connectivity index (χ4v) is 4.43. The molecule has 3 aromatic carbocycles. The molecule has 0 amide bonds. The minimum absolute atomic E-state index is 0.498. The number of para-hydroxylation sites is 2. The second kappa shape index (κ2) is 6.31. The van der Waals surface area contributed by atoms with Crippen LogP contribution < -0.4 is 14.4 Å². The van der Waals surface area contributed by atoms with Crippen LogP contribution in [0.5, 0.6) is 11.5 Å². The molecular formula is C25H21NO3. The Balaban J connectivity index is 1.67. The number of fused-ring (bicyclic) bond motifs is 5. The van der Waals surface area contributed by atoms with Crippen LogP contribution in [-0.2, 0) is 13.0 Å². The van der Waals surface area contributed by atoms with E-state index in [0.29, 0.717) is 12.5 Å². The Morgan fingerprint density at radius 3 is 2.66 bits per heavy atom. The number of furan rings is 1. The lowest BCUT2D eigenvalue weighted by Crippen LogP contribution is -2.16. The molecule has 0 fully saturated rings. The summed E-state index contributed by atoms with van der Waals surface area (Å²) in [6.45, 7) is 3.39. The van der Waals surface area contributed by atoms with Crippen LogP contribution in [0.2, 0.25) is 0 Å². The first-order chi connectivity index (χ1) is 14.3. The second-order valence-corrected chi connectivity index (χ2v) is 7.65. The Kier molecular flexibility index (Phi) is 3.60. The van der Waals surface area contributed by atoms with Crippen molar-refractivity contribution < 1.29 is 13.9 Å². The summed E-state index contributed by atoms with van der Waals surface area (Å²) in [6.07, 6.45) is 2.08. The normalized spacial score (nSPS) is 15.0. The van der Waals surface area contributed by atoms with E-state index in [1.165, 1.54) is 11.1 Å². The lowest BCUT2D eigenvalue weighted by atomic mass is 9.99. The second-order valence-electron chi connectivity index (χ2n) is 7.65. The molecule has 2 aliphatic heterocycles. The summed E-state index contributed by atoms with van der Waals surface area (Å²) in [6, 6.07) is 20.7. The first kappa shape index (κ1) is 16.5. The number of anilines is 3. The highest BCUT2D eigenvalue weighted by Crippen LogP contribution is 2.52. The first-order valence-electron chi connectivity index (χ1n) is 10.1. The molecule has 0 saturated heterocycles. The van der Waals surface area contributed by atoms with Gasteiger partial charge in [0, 0.05) is 5.56 Å². The quantitative estimate of drug-likeness (QED) is 0.379. The largest absolute Gasteiger partial charge is 0.491 e. The Labute approximate surface area is 169 Å². The van der Waals surface area contributed by atoms with Crippen LogP contribution in [0.1, 0.15) is 23.1 Å². The van der Waals surface area contributed by atoms with Crippen molar-refractivity contribution in [2.75, 3.05) is 11.5 Å². The first-order valence-corrected chi connectivity index (χ1v) is 10.1. The average molecular weight is 383 g/mol. The van der Waals surface area contributed by atoms with Crippen molar-refractivity contribution in [2.24, 2.45) is 0 Å². The molecule has 0 bridgehead atoms. The van der Waals surface area contributed by atoms with Crippen LogP contribution in [0.3, 0.4) is 0 Å². The van der Waals surface area contributed by atoms with E-state index < -0.39 is 0 Å². The summed E-state index contributed by atoms with van der Waals surface area (Å²) >= 11 is 0. The number of hydrogen-bond acceptors (Lipinski definition) is 4. The Morgan fingerprint density at radius 2 is 1.69 bits per heavy atom. The topological polar surface area (TPSA) is 34.8 Å². The van der Waals surface area contributed by atoms with E-state index in [1.54, 1.807) is 0 Å². The molecule has 1 aromatic heterocycles. The molecule has 2 aliphatic rings. The maximum atomic E-state index is 6.36. The van der Waals surface area contributed by atoms with Crippen LogP contribution in [0.4, 0.5) is 17.3 Å². The molecule has 0 N–H and O–H groups in total. The van der Waals surface area contributed by atoms with Gasteiger partial charge in [-0.05, 0) is 55.2 Å². The molecule has 3 heterocycles. The highest BCUT2D eigenvalue weighted by molar-refractivity contribution is 5.95. The van der Waals surface area contributed by atoms with E-state index in [1.807, 2.05) is 30.3 Å². The predicted octanol–water partition coefficient (Wildman–Crippen LogP) is 6.43. The molecule has 4 heteroatoms. The lowest BCUT2D eigenvalue weighted by Gasteiger charge is -2.29. The van der Waals surface area contributed by atoms with Gasteiger partial charge in [-0.15, -0.1) is 0 Å². The smallest absolute Gasteiger partial charge is 0.248 e. The summed E-state index contributed by atoms with van der Waals surface area (Å²) in [5, 5.41) is 0.988. The Hall–Kier alpha value is -3.40. The third-order valence-corrected chi connectivity index (χ3v) is 5.87. The number of aryl methyl sites for hydroxylation is 1. The summed E-state index contributed by atoms with van der Waals surface area (Å²) in [4.78, 5) is 2.17. The van der Waals surface area contributed by atoms with Crippen molar-refractivity contribution in [1.29, 1.82) is 0 Å². The standard InChI is InChI=1S/C25H21NO3/c1-16-12-13-21(23-18(16)9-6-14-27-23)26-20-10-4-2-7-17(20)15-28-24-19-8-3-5-11-22(19)29-25(24)26/h2-5,7-8,10-13H,6,9,14-15H2,1H3. The zero-order valence-corrected chi connectivity index (χ0v) is 16.3. The summed E-state index contributed by atoms with van der Waals surface area (Å²) in [5.74, 6) is 2.44. The minimum Gasteiger partial charge on any atom is -0.491 e. The molecule has 0 unspecified atom stereocenters. The minimum atomic E-state index is 0.498. The summed E-state index contributed by atoms with van der Waals surface area (Å²) < 4.78 is 18.8. The van der Waals surface area contributed by atoms with Gasteiger partial charge in [0.05, 0.1) is 23.4 Å². The molecule has 0 saturated carbocycles. The molecule has 0 spiro atoms. The molecule has 4 aromatic rings. The number of benzene rings is 3.